The van der Waals surface area contributed by atoms with Crippen molar-refractivity contribution in [3.8, 4) is 17.2 Å². The fourth-order valence-electron chi connectivity index (χ4n) is 6.44. The van der Waals surface area contributed by atoms with Gasteiger partial charge in [-0.1, -0.05) is 37.3 Å². The third-order valence-electron chi connectivity index (χ3n) is 8.77. The summed E-state index contributed by atoms with van der Waals surface area (Å²) in [7, 11) is 2.72. The van der Waals surface area contributed by atoms with Gasteiger partial charge in [0.1, 0.15) is 23.7 Å². The molecular formula is C33H32O11. The second-order valence-electron chi connectivity index (χ2n) is 11.2. The maximum atomic E-state index is 14.6. The molecule has 1 spiro atoms. The van der Waals surface area contributed by atoms with Gasteiger partial charge in [0.2, 0.25) is 24.1 Å². The summed E-state index contributed by atoms with van der Waals surface area (Å²) in [5, 5.41) is 12.3. The number of hydrogen-bond donors (Lipinski definition) is 1. The second kappa shape index (κ2) is 10.7. The van der Waals surface area contributed by atoms with Crippen LogP contribution in [0.15, 0.2) is 65.6 Å². The van der Waals surface area contributed by atoms with E-state index in [0.717, 1.165) is 5.56 Å². The van der Waals surface area contributed by atoms with Crippen LogP contribution in [0.4, 0.5) is 0 Å². The molecule has 2 aliphatic carbocycles. The highest BCUT2D eigenvalue weighted by Crippen LogP contribution is 2.62. The van der Waals surface area contributed by atoms with Crippen molar-refractivity contribution in [3.63, 3.8) is 0 Å². The maximum Gasteiger partial charge on any atom is 0.331 e. The van der Waals surface area contributed by atoms with Gasteiger partial charge in [-0.05, 0) is 36.3 Å². The smallest absolute Gasteiger partial charge is 0.331 e. The number of aliphatic hydroxyl groups is 1. The Morgan fingerprint density at radius 2 is 1.80 bits per heavy atom. The topological polar surface area (TPSA) is 136 Å². The second-order valence-corrected chi connectivity index (χ2v) is 11.2. The first-order valence-corrected chi connectivity index (χ1v) is 14.1. The van der Waals surface area contributed by atoms with Crippen molar-refractivity contribution in [1.29, 1.82) is 0 Å². The Balaban J connectivity index is 1.61. The Bertz CT molecular complexity index is 1630. The predicted octanol–water partition coefficient (Wildman–Crippen LogP) is 3.69. The molecule has 0 saturated heterocycles. The van der Waals surface area contributed by atoms with Gasteiger partial charge in [0.25, 0.3) is 0 Å². The maximum absolute atomic E-state index is 14.6. The van der Waals surface area contributed by atoms with Crippen LogP contribution in [0.5, 0.6) is 17.2 Å². The zero-order chi connectivity index (χ0) is 31.4. The lowest BCUT2D eigenvalue weighted by atomic mass is 9.59. The van der Waals surface area contributed by atoms with E-state index < -0.39 is 46.9 Å². The van der Waals surface area contributed by atoms with Crippen LogP contribution in [0.2, 0.25) is 0 Å². The highest BCUT2D eigenvalue weighted by molar-refractivity contribution is 6.09. The monoisotopic (exact) mass is 604 g/mol. The molecule has 2 aromatic carbocycles. The van der Waals surface area contributed by atoms with Gasteiger partial charge in [0, 0.05) is 30.0 Å². The molecule has 0 unspecified atom stereocenters. The third-order valence-corrected chi connectivity index (χ3v) is 8.77. The summed E-state index contributed by atoms with van der Waals surface area (Å²) >= 11 is 0. The number of rotatable bonds is 6. The van der Waals surface area contributed by atoms with E-state index in [0.29, 0.717) is 16.9 Å². The summed E-state index contributed by atoms with van der Waals surface area (Å²) in [6.45, 7) is 4.01. The molecule has 2 aliphatic heterocycles. The van der Waals surface area contributed by atoms with Crippen LogP contribution in [0.25, 0.3) is 6.08 Å². The fourth-order valence-corrected chi connectivity index (χ4v) is 6.44. The number of esters is 2. The van der Waals surface area contributed by atoms with Crippen LogP contribution in [0.1, 0.15) is 43.6 Å². The summed E-state index contributed by atoms with van der Waals surface area (Å²) < 4.78 is 40.6. The Hall–Kier alpha value is -4.77. The highest BCUT2D eigenvalue weighted by atomic mass is 16.7. The van der Waals surface area contributed by atoms with Crippen molar-refractivity contribution >= 4 is 23.8 Å². The van der Waals surface area contributed by atoms with Gasteiger partial charge in [-0.2, -0.15) is 0 Å². The normalized spacial score (nSPS) is 28.3. The van der Waals surface area contributed by atoms with Crippen molar-refractivity contribution < 1.29 is 52.6 Å². The molecule has 6 rings (SSSR count). The summed E-state index contributed by atoms with van der Waals surface area (Å²) in [5.41, 5.74) is -1.85. The fraction of sp³-hybridized carbons (Fsp3) is 0.364. The molecule has 0 aromatic heterocycles. The molecular weight excluding hydrogens is 572 g/mol. The number of ether oxygens (including phenoxy) is 7. The van der Waals surface area contributed by atoms with Gasteiger partial charge in [0.05, 0.1) is 14.2 Å². The lowest BCUT2D eigenvalue weighted by molar-refractivity contribution is -0.178. The summed E-state index contributed by atoms with van der Waals surface area (Å²) in [5.74, 6) is -2.02. The van der Waals surface area contributed by atoms with Gasteiger partial charge in [-0.3, -0.25) is 9.59 Å². The van der Waals surface area contributed by atoms with E-state index in [-0.39, 0.29) is 42.0 Å². The lowest BCUT2D eigenvalue weighted by Gasteiger charge is -2.48. The SMILES string of the molecule is COC1=C(OC)C(=O)[C@@]23COc4c5c(cc(c42)[C@@H](OC(=O)C=Cc2ccccc2)[C@@H](C)[C@@](C)(O)[C@H](OC(C)=O)C3=C1)OCO5. The molecule has 11 heteroatoms. The minimum Gasteiger partial charge on any atom is -0.493 e. The van der Waals surface area contributed by atoms with Crippen LogP contribution in [-0.4, -0.2) is 62.2 Å². The highest BCUT2D eigenvalue weighted by Gasteiger charge is 2.64. The number of hydrogen-bond acceptors (Lipinski definition) is 11. The molecule has 0 bridgehead atoms. The van der Waals surface area contributed by atoms with Crippen molar-refractivity contribution in [3.05, 3.63) is 82.3 Å². The zero-order valence-corrected chi connectivity index (χ0v) is 24.9. The Morgan fingerprint density at radius 3 is 2.48 bits per heavy atom. The molecule has 2 aromatic rings. The molecule has 44 heavy (non-hydrogen) atoms. The molecule has 0 saturated carbocycles. The minimum absolute atomic E-state index is 0.0871. The Morgan fingerprint density at radius 1 is 1.05 bits per heavy atom. The van der Waals surface area contributed by atoms with Crippen molar-refractivity contribution in [2.45, 2.75) is 44.0 Å². The van der Waals surface area contributed by atoms with Crippen LogP contribution in [0, 0.1) is 5.92 Å². The molecule has 2 heterocycles. The third kappa shape index (κ3) is 4.33. The Kier molecular flexibility index (Phi) is 7.16. The van der Waals surface area contributed by atoms with E-state index in [1.54, 1.807) is 19.1 Å². The molecule has 1 N–H and O–H groups in total. The number of methoxy groups -OCH3 is 2. The number of ketones is 1. The van der Waals surface area contributed by atoms with Crippen LogP contribution in [0.3, 0.4) is 0 Å². The molecule has 0 fully saturated rings. The van der Waals surface area contributed by atoms with E-state index in [1.807, 2.05) is 30.3 Å². The van der Waals surface area contributed by atoms with Gasteiger partial charge in [0.15, 0.2) is 23.4 Å². The molecule has 5 atom stereocenters. The van der Waals surface area contributed by atoms with E-state index in [2.05, 4.69) is 0 Å². The number of carbonyl (C=O) groups excluding carboxylic acids is 3. The van der Waals surface area contributed by atoms with E-state index >= 15 is 0 Å². The molecule has 11 nitrogen and oxygen atoms in total. The molecule has 0 radical (unpaired) electrons. The van der Waals surface area contributed by atoms with Gasteiger partial charge < -0.3 is 38.3 Å². The number of allylic oxidation sites excluding steroid dienone is 2. The largest absolute Gasteiger partial charge is 0.493 e. The summed E-state index contributed by atoms with van der Waals surface area (Å²) in [4.78, 5) is 40.5. The van der Waals surface area contributed by atoms with Crippen molar-refractivity contribution in [2.24, 2.45) is 5.92 Å². The van der Waals surface area contributed by atoms with E-state index in [9.17, 15) is 19.5 Å². The zero-order valence-electron chi connectivity index (χ0n) is 24.9. The summed E-state index contributed by atoms with van der Waals surface area (Å²) in [6.07, 6.45) is 1.88. The van der Waals surface area contributed by atoms with Gasteiger partial charge >= 0.3 is 11.9 Å². The van der Waals surface area contributed by atoms with Gasteiger partial charge in [-0.25, -0.2) is 4.79 Å². The average Bonchev–Trinajstić information content (AvgIpc) is 3.64. The minimum atomic E-state index is -1.89. The lowest BCUT2D eigenvalue weighted by Crippen LogP contribution is -2.58. The summed E-state index contributed by atoms with van der Waals surface area (Å²) in [6, 6.07) is 10.9. The molecule has 0 amide bonds. The quantitative estimate of drug-likeness (QED) is 0.382. The molecule has 230 valence electrons. The van der Waals surface area contributed by atoms with Crippen LogP contribution < -0.4 is 14.2 Å². The Labute approximate surface area is 253 Å². The van der Waals surface area contributed by atoms with Gasteiger partial charge in [-0.15, -0.1) is 0 Å². The number of benzene rings is 2. The predicted molar refractivity (Wildman–Crippen MR) is 154 cm³/mol. The first kappa shape index (κ1) is 29.3. The van der Waals surface area contributed by atoms with E-state index in [1.165, 1.54) is 40.2 Å². The van der Waals surface area contributed by atoms with Crippen molar-refractivity contribution in [2.75, 3.05) is 27.6 Å². The van der Waals surface area contributed by atoms with Crippen LogP contribution >= 0.6 is 0 Å². The molecule has 4 aliphatic rings. The van der Waals surface area contributed by atoms with Crippen LogP contribution in [-0.2, 0) is 38.7 Å². The first-order chi connectivity index (χ1) is 21.0. The van der Waals surface area contributed by atoms with Crippen molar-refractivity contribution in [1.82, 2.24) is 0 Å². The number of carbonyl (C=O) groups is 3. The number of Topliss-reactive ketones (excluding diaryl/α,β-unsaturated/α-hetero) is 1. The average molecular weight is 605 g/mol. The first-order valence-electron chi connectivity index (χ1n) is 14.1. The number of fused-ring (bicyclic) bond motifs is 2. The standard InChI is InChI=1S/C33H32O11/c1-17-26(44-24(35)12-11-19-9-7-6-8-10-19)20-13-23-27(42-16-41-23)29-25(20)33(15-40-29)21(31(32(17,3)37)43-18(2)34)14-22(38-4)28(39-5)30(33)36/h6-14,17,26,31,37H,15-16H2,1-5H3/t17-,26+,31-,32-,33-/m1/s1. The van der Waals surface area contributed by atoms with E-state index in [4.69, 9.17) is 33.2 Å².